The number of rotatable bonds is 10. The molecule has 0 aliphatic rings. The normalized spacial score (nSPS) is 10.5. The minimum atomic E-state index is -0.0395. The first kappa shape index (κ1) is 14.6. The van der Waals surface area contributed by atoms with E-state index < -0.39 is 0 Å². The van der Waals surface area contributed by atoms with Crippen LogP contribution >= 0.6 is 0 Å². The van der Waals surface area contributed by atoms with Crippen molar-refractivity contribution in [3.8, 4) is 0 Å². The molecular weight excluding hydrogens is 230 g/mol. The van der Waals surface area contributed by atoms with Gasteiger partial charge in [-0.3, -0.25) is 10.1 Å². The van der Waals surface area contributed by atoms with Gasteiger partial charge in [-0.2, -0.15) is 5.21 Å². The lowest BCUT2D eigenvalue weighted by molar-refractivity contribution is -0.116. The number of H-pyrrole nitrogens is 1. The van der Waals surface area contributed by atoms with Crippen LogP contribution in [-0.4, -0.2) is 26.5 Å². The molecule has 1 aromatic rings. The van der Waals surface area contributed by atoms with Crippen molar-refractivity contribution in [3.05, 3.63) is 0 Å². The van der Waals surface area contributed by atoms with Crippen molar-refractivity contribution >= 4 is 11.9 Å². The summed E-state index contributed by atoms with van der Waals surface area (Å²) in [4.78, 5) is 11.5. The van der Waals surface area contributed by atoms with Gasteiger partial charge in [-0.25, -0.2) is 0 Å². The van der Waals surface area contributed by atoms with Gasteiger partial charge >= 0.3 is 0 Å². The summed E-state index contributed by atoms with van der Waals surface area (Å²) in [6.45, 7) is 2.22. The second-order valence-electron chi connectivity index (χ2n) is 4.51. The number of aromatic amines is 1. The molecule has 0 unspecified atom stereocenters. The molecule has 6 nitrogen and oxygen atoms in total. The number of unbranched alkanes of at least 4 members (excludes halogenated alkanes) is 7. The second-order valence-corrected chi connectivity index (χ2v) is 4.51. The average molecular weight is 253 g/mol. The number of carbonyl (C=O) groups is 1. The topological polar surface area (TPSA) is 83.6 Å². The maximum Gasteiger partial charge on any atom is 0.269 e. The molecule has 0 aromatic carbocycles. The maximum absolute atomic E-state index is 11.5. The van der Waals surface area contributed by atoms with Gasteiger partial charge < -0.3 is 0 Å². The highest BCUT2D eigenvalue weighted by Gasteiger charge is 2.04. The molecule has 0 radical (unpaired) electrons. The minimum absolute atomic E-state index is 0.0395. The molecule has 1 rings (SSSR count). The number of tetrazole rings is 1. The molecule has 2 N–H and O–H groups in total. The SMILES string of the molecule is CCCCCCCCCCC(=O)Nc1nn[nH]n1. The molecule has 0 aliphatic heterocycles. The first-order valence-electron chi connectivity index (χ1n) is 6.86. The van der Waals surface area contributed by atoms with Crippen LogP contribution in [0.2, 0.25) is 0 Å². The van der Waals surface area contributed by atoms with Crippen LogP contribution in [0.4, 0.5) is 5.95 Å². The van der Waals surface area contributed by atoms with Crippen molar-refractivity contribution in [1.29, 1.82) is 0 Å². The van der Waals surface area contributed by atoms with Crippen LogP contribution in [0.3, 0.4) is 0 Å². The van der Waals surface area contributed by atoms with Crippen molar-refractivity contribution in [2.24, 2.45) is 0 Å². The van der Waals surface area contributed by atoms with Gasteiger partial charge in [-0.05, 0) is 11.6 Å². The Labute approximate surface area is 108 Å². The summed E-state index contributed by atoms with van der Waals surface area (Å²) in [5, 5.41) is 15.6. The zero-order chi connectivity index (χ0) is 13.1. The summed E-state index contributed by atoms with van der Waals surface area (Å²) in [6, 6.07) is 0. The van der Waals surface area contributed by atoms with Crippen molar-refractivity contribution in [2.45, 2.75) is 64.7 Å². The van der Waals surface area contributed by atoms with E-state index in [2.05, 4.69) is 32.9 Å². The lowest BCUT2D eigenvalue weighted by atomic mass is 10.1. The number of nitrogens with zero attached hydrogens (tertiary/aromatic N) is 3. The highest BCUT2D eigenvalue weighted by atomic mass is 16.1. The van der Waals surface area contributed by atoms with E-state index in [0.717, 1.165) is 12.8 Å². The van der Waals surface area contributed by atoms with E-state index in [9.17, 15) is 4.79 Å². The van der Waals surface area contributed by atoms with Crippen LogP contribution in [0, 0.1) is 0 Å². The molecular formula is C12H23N5O. The van der Waals surface area contributed by atoms with Gasteiger partial charge in [0.25, 0.3) is 5.95 Å². The van der Waals surface area contributed by atoms with E-state index in [1.54, 1.807) is 0 Å². The van der Waals surface area contributed by atoms with Crippen molar-refractivity contribution in [3.63, 3.8) is 0 Å². The minimum Gasteiger partial charge on any atom is -0.292 e. The summed E-state index contributed by atoms with van der Waals surface area (Å²) in [6.07, 6.45) is 10.4. The Kier molecular flexibility index (Phi) is 7.75. The molecule has 0 spiro atoms. The zero-order valence-electron chi connectivity index (χ0n) is 11.1. The fraction of sp³-hybridized carbons (Fsp3) is 0.833. The number of amides is 1. The predicted octanol–water partition coefficient (Wildman–Crippen LogP) is 2.67. The number of anilines is 1. The van der Waals surface area contributed by atoms with E-state index in [1.807, 2.05) is 0 Å². The van der Waals surface area contributed by atoms with E-state index in [-0.39, 0.29) is 11.9 Å². The van der Waals surface area contributed by atoms with Crippen molar-refractivity contribution in [1.82, 2.24) is 20.6 Å². The Morgan fingerprint density at radius 2 is 1.78 bits per heavy atom. The molecule has 0 bridgehead atoms. The quantitative estimate of drug-likeness (QED) is 0.628. The summed E-state index contributed by atoms with van der Waals surface area (Å²) in [5.41, 5.74) is 0. The van der Waals surface area contributed by atoms with Crippen molar-refractivity contribution < 1.29 is 4.79 Å². The third-order valence-electron chi connectivity index (χ3n) is 2.85. The predicted molar refractivity (Wildman–Crippen MR) is 70.0 cm³/mol. The average Bonchev–Trinajstić information content (AvgIpc) is 2.85. The van der Waals surface area contributed by atoms with Gasteiger partial charge in [-0.15, -0.1) is 5.10 Å². The molecule has 0 aliphatic carbocycles. The Hall–Kier alpha value is -1.46. The fourth-order valence-corrected chi connectivity index (χ4v) is 1.82. The van der Waals surface area contributed by atoms with Crippen LogP contribution in [0.5, 0.6) is 0 Å². The molecule has 0 atom stereocenters. The van der Waals surface area contributed by atoms with Gasteiger partial charge in [0.1, 0.15) is 0 Å². The van der Waals surface area contributed by atoms with Crippen LogP contribution in [0.25, 0.3) is 0 Å². The van der Waals surface area contributed by atoms with Crippen LogP contribution in [0.1, 0.15) is 64.7 Å². The molecule has 0 saturated heterocycles. The molecule has 102 valence electrons. The van der Waals surface area contributed by atoms with Gasteiger partial charge in [-0.1, -0.05) is 57.0 Å². The second kappa shape index (κ2) is 9.56. The van der Waals surface area contributed by atoms with Crippen LogP contribution in [-0.2, 0) is 4.79 Å². The van der Waals surface area contributed by atoms with E-state index in [1.165, 1.54) is 38.5 Å². The van der Waals surface area contributed by atoms with Gasteiger partial charge in [0.05, 0.1) is 0 Å². The summed E-state index contributed by atoms with van der Waals surface area (Å²) in [5.74, 6) is 0.210. The molecule has 1 heterocycles. The lowest BCUT2D eigenvalue weighted by Gasteiger charge is -2.01. The van der Waals surface area contributed by atoms with Gasteiger partial charge in [0.2, 0.25) is 5.91 Å². The molecule has 6 heteroatoms. The van der Waals surface area contributed by atoms with Gasteiger partial charge in [0, 0.05) is 6.42 Å². The number of hydrogen-bond donors (Lipinski definition) is 2. The van der Waals surface area contributed by atoms with E-state index >= 15 is 0 Å². The number of hydrogen-bond acceptors (Lipinski definition) is 4. The Balaban J connectivity index is 1.90. The summed E-state index contributed by atoms with van der Waals surface area (Å²) >= 11 is 0. The van der Waals surface area contributed by atoms with E-state index in [4.69, 9.17) is 0 Å². The fourth-order valence-electron chi connectivity index (χ4n) is 1.82. The highest BCUT2D eigenvalue weighted by Crippen LogP contribution is 2.09. The zero-order valence-corrected chi connectivity index (χ0v) is 11.1. The molecule has 0 saturated carbocycles. The van der Waals surface area contributed by atoms with Gasteiger partial charge in [0.15, 0.2) is 0 Å². The Morgan fingerprint density at radius 1 is 1.11 bits per heavy atom. The standard InChI is InChI=1S/C12H23N5O/c1-2-3-4-5-6-7-8-9-10-11(18)13-12-14-16-17-15-12/h2-10H2,1H3,(H2,13,14,15,16,17,18). The molecule has 1 aromatic heterocycles. The maximum atomic E-state index is 11.5. The lowest BCUT2D eigenvalue weighted by Crippen LogP contribution is -2.12. The van der Waals surface area contributed by atoms with Crippen LogP contribution in [0.15, 0.2) is 0 Å². The number of aromatic nitrogens is 4. The highest BCUT2D eigenvalue weighted by molar-refractivity contribution is 5.88. The number of carbonyl (C=O) groups excluding carboxylic acids is 1. The first-order chi connectivity index (χ1) is 8.83. The summed E-state index contributed by atoms with van der Waals surface area (Å²) < 4.78 is 0. The Morgan fingerprint density at radius 3 is 2.39 bits per heavy atom. The van der Waals surface area contributed by atoms with Crippen LogP contribution < -0.4 is 5.32 Å². The summed E-state index contributed by atoms with van der Waals surface area (Å²) in [7, 11) is 0. The smallest absolute Gasteiger partial charge is 0.269 e. The molecule has 18 heavy (non-hydrogen) atoms. The van der Waals surface area contributed by atoms with Crippen molar-refractivity contribution in [2.75, 3.05) is 5.32 Å². The molecule has 0 fully saturated rings. The molecule has 1 amide bonds. The van der Waals surface area contributed by atoms with E-state index in [0.29, 0.717) is 6.42 Å². The number of nitrogens with one attached hydrogen (secondary N) is 2. The Bertz CT molecular complexity index is 312. The largest absolute Gasteiger partial charge is 0.292 e. The third kappa shape index (κ3) is 6.98. The monoisotopic (exact) mass is 253 g/mol. The first-order valence-corrected chi connectivity index (χ1v) is 6.86. The third-order valence-corrected chi connectivity index (χ3v) is 2.85.